The van der Waals surface area contributed by atoms with Crippen molar-refractivity contribution in [1.29, 1.82) is 0 Å². The molecule has 0 fully saturated rings. The quantitative estimate of drug-likeness (QED) is 0.481. The lowest BCUT2D eigenvalue weighted by Gasteiger charge is -1.96. The second kappa shape index (κ2) is 4.92. The number of para-hydroxylation sites is 1. The Labute approximate surface area is 112 Å². The molecule has 1 aromatic carbocycles. The van der Waals surface area contributed by atoms with E-state index in [1.54, 1.807) is 0 Å². The molecular weight excluding hydrogens is 260 g/mol. The summed E-state index contributed by atoms with van der Waals surface area (Å²) in [6, 6.07) is 7.71. The molecular formula is C12H10N6O2. The number of aromatic nitrogens is 4. The van der Waals surface area contributed by atoms with Crippen LogP contribution < -0.4 is 5.32 Å². The van der Waals surface area contributed by atoms with Gasteiger partial charge < -0.3 is 15.4 Å². The van der Waals surface area contributed by atoms with E-state index in [-0.39, 0.29) is 12.5 Å². The number of aromatic amines is 1. The minimum Gasteiger partial charge on any atom is -0.480 e. The molecule has 3 aromatic rings. The fourth-order valence-electron chi connectivity index (χ4n) is 1.81. The molecule has 2 aromatic heterocycles. The van der Waals surface area contributed by atoms with E-state index < -0.39 is 5.97 Å². The van der Waals surface area contributed by atoms with Crippen LogP contribution in [0.2, 0.25) is 0 Å². The van der Waals surface area contributed by atoms with Gasteiger partial charge in [0.2, 0.25) is 5.95 Å². The number of nitrogens with zero attached hydrogens (tertiary/aromatic N) is 4. The fourth-order valence-corrected chi connectivity index (χ4v) is 1.81. The molecule has 0 spiro atoms. The van der Waals surface area contributed by atoms with E-state index >= 15 is 0 Å². The van der Waals surface area contributed by atoms with Gasteiger partial charge in [-0.15, -0.1) is 10.2 Å². The number of fused-ring (bicyclic) bond motifs is 3. The molecule has 3 N–H and O–H groups in total. The third-order valence-electron chi connectivity index (χ3n) is 2.63. The highest BCUT2D eigenvalue weighted by atomic mass is 16.4. The predicted octanol–water partition coefficient (Wildman–Crippen LogP) is 1.03. The highest BCUT2D eigenvalue weighted by Crippen LogP contribution is 2.21. The van der Waals surface area contributed by atoms with Crippen LogP contribution >= 0.6 is 0 Å². The van der Waals surface area contributed by atoms with E-state index in [9.17, 15) is 4.79 Å². The molecule has 8 heteroatoms. The Kier molecular flexibility index (Phi) is 2.96. The Morgan fingerprint density at radius 3 is 3.10 bits per heavy atom. The number of anilines is 1. The number of carbonyl (C=O) groups is 1. The van der Waals surface area contributed by atoms with Crippen molar-refractivity contribution in [3.05, 3.63) is 24.3 Å². The number of aliphatic carboxylic acids is 1. The van der Waals surface area contributed by atoms with Gasteiger partial charge in [0.15, 0.2) is 5.65 Å². The number of aliphatic imine (C=N–C) groups is 1. The molecule has 0 radical (unpaired) electrons. The van der Waals surface area contributed by atoms with Crippen molar-refractivity contribution in [2.75, 3.05) is 11.9 Å². The van der Waals surface area contributed by atoms with Gasteiger partial charge in [-0.05, 0) is 6.07 Å². The summed E-state index contributed by atoms with van der Waals surface area (Å²) in [7, 11) is 0. The van der Waals surface area contributed by atoms with E-state index in [4.69, 9.17) is 5.11 Å². The Bertz CT molecular complexity index is 810. The first-order valence-corrected chi connectivity index (χ1v) is 5.82. The Hall–Kier alpha value is -3.03. The van der Waals surface area contributed by atoms with Crippen LogP contribution in [0.3, 0.4) is 0 Å². The SMILES string of the molecule is O=C(O)CN=CNc1nnc2c(n1)[nH]c1ccccc12. The van der Waals surface area contributed by atoms with Crippen molar-refractivity contribution in [3.8, 4) is 0 Å². The monoisotopic (exact) mass is 270 g/mol. The summed E-state index contributed by atoms with van der Waals surface area (Å²) >= 11 is 0. The summed E-state index contributed by atoms with van der Waals surface area (Å²) in [5.74, 6) is -0.758. The summed E-state index contributed by atoms with van der Waals surface area (Å²) in [6.07, 6.45) is 1.24. The van der Waals surface area contributed by atoms with E-state index in [2.05, 4.69) is 30.5 Å². The van der Waals surface area contributed by atoms with Gasteiger partial charge in [-0.25, -0.2) is 0 Å². The lowest BCUT2D eigenvalue weighted by Crippen LogP contribution is -2.05. The van der Waals surface area contributed by atoms with Gasteiger partial charge >= 0.3 is 5.97 Å². The van der Waals surface area contributed by atoms with Crippen molar-refractivity contribution >= 4 is 40.3 Å². The third kappa shape index (κ3) is 2.26. The average molecular weight is 270 g/mol. The maximum atomic E-state index is 10.3. The molecule has 2 heterocycles. The van der Waals surface area contributed by atoms with Crippen LogP contribution in [-0.2, 0) is 4.79 Å². The van der Waals surface area contributed by atoms with Crippen molar-refractivity contribution < 1.29 is 9.90 Å². The lowest BCUT2D eigenvalue weighted by atomic mass is 10.2. The molecule has 0 aliphatic carbocycles. The lowest BCUT2D eigenvalue weighted by molar-refractivity contribution is -0.135. The molecule has 0 aliphatic heterocycles. The molecule has 0 amide bonds. The first-order valence-electron chi connectivity index (χ1n) is 5.82. The maximum Gasteiger partial charge on any atom is 0.325 e. The topological polar surface area (TPSA) is 116 Å². The zero-order valence-corrected chi connectivity index (χ0v) is 10.2. The van der Waals surface area contributed by atoms with Crippen LogP contribution in [0.15, 0.2) is 29.3 Å². The largest absolute Gasteiger partial charge is 0.480 e. The van der Waals surface area contributed by atoms with Gasteiger partial charge in [-0.1, -0.05) is 18.2 Å². The number of nitrogens with one attached hydrogen (secondary N) is 2. The van der Waals surface area contributed by atoms with E-state index in [0.717, 1.165) is 10.9 Å². The number of H-pyrrole nitrogens is 1. The molecule has 0 bridgehead atoms. The molecule has 0 saturated heterocycles. The molecule has 8 nitrogen and oxygen atoms in total. The van der Waals surface area contributed by atoms with Crippen LogP contribution in [0, 0.1) is 0 Å². The number of rotatable bonds is 4. The highest BCUT2D eigenvalue weighted by molar-refractivity contribution is 6.03. The first-order chi connectivity index (χ1) is 9.74. The number of benzene rings is 1. The van der Waals surface area contributed by atoms with Crippen molar-refractivity contribution in [1.82, 2.24) is 20.2 Å². The zero-order chi connectivity index (χ0) is 13.9. The van der Waals surface area contributed by atoms with Crippen LogP contribution in [0.25, 0.3) is 22.1 Å². The molecule has 0 saturated carbocycles. The number of hydrogen-bond donors (Lipinski definition) is 3. The number of hydrogen-bond acceptors (Lipinski definition) is 5. The van der Waals surface area contributed by atoms with Gasteiger partial charge in [0, 0.05) is 10.9 Å². The Morgan fingerprint density at radius 2 is 2.25 bits per heavy atom. The number of carboxylic acids is 1. The molecule has 0 aliphatic rings. The molecule has 20 heavy (non-hydrogen) atoms. The second-order valence-electron chi connectivity index (χ2n) is 4.01. The Balaban J connectivity index is 1.89. The highest BCUT2D eigenvalue weighted by Gasteiger charge is 2.07. The summed E-state index contributed by atoms with van der Waals surface area (Å²) in [5.41, 5.74) is 2.23. The summed E-state index contributed by atoms with van der Waals surface area (Å²) in [6.45, 7) is -0.310. The minimum atomic E-state index is -1.01. The maximum absolute atomic E-state index is 10.3. The zero-order valence-electron chi connectivity index (χ0n) is 10.2. The van der Waals surface area contributed by atoms with Gasteiger partial charge in [0.05, 0.1) is 6.34 Å². The average Bonchev–Trinajstić information content (AvgIpc) is 2.81. The molecule has 100 valence electrons. The predicted molar refractivity (Wildman–Crippen MR) is 73.8 cm³/mol. The minimum absolute atomic E-state index is 0.248. The first kappa shape index (κ1) is 12.0. The Morgan fingerprint density at radius 1 is 1.40 bits per heavy atom. The van der Waals surface area contributed by atoms with Crippen molar-refractivity contribution in [3.63, 3.8) is 0 Å². The summed E-state index contributed by atoms with van der Waals surface area (Å²) in [5, 5.41) is 20.1. The van der Waals surface area contributed by atoms with Gasteiger partial charge in [-0.2, -0.15) is 4.98 Å². The van der Waals surface area contributed by atoms with Crippen molar-refractivity contribution in [2.24, 2.45) is 4.99 Å². The molecule has 0 unspecified atom stereocenters. The molecule has 3 rings (SSSR count). The smallest absolute Gasteiger partial charge is 0.325 e. The van der Waals surface area contributed by atoms with Crippen LogP contribution in [0.5, 0.6) is 0 Å². The van der Waals surface area contributed by atoms with Crippen LogP contribution in [-0.4, -0.2) is 44.1 Å². The summed E-state index contributed by atoms with van der Waals surface area (Å²) in [4.78, 5) is 21.3. The second-order valence-corrected chi connectivity index (χ2v) is 4.01. The summed E-state index contributed by atoms with van der Waals surface area (Å²) < 4.78 is 0. The van der Waals surface area contributed by atoms with Crippen LogP contribution in [0.4, 0.5) is 5.95 Å². The van der Waals surface area contributed by atoms with E-state index in [0.29, 0.717) is 11.2 Å². The standard InChI is InChI=1S/C12H10N6O2/c19-9(20)5-13-6-14-12-16-11-10(17-18-12)7-3-1-2-4-8(7)15-11/h1-4,6H,5H2,(H,19,20)(H2,13,14,15,16,18). The normalized spacial score (nSPS) is 11.4. The van der Waals surface area contributed by atoms with Gasteiger partial charge in [-0.3, -0.25) is 9.79 Å². The number of carboxylic acid groups (broad SMARTS) is 1. The van der Waals surface area contributed by atoms with Crippen molar-refractivity contribution in [2.45, 2.75) is 0 Å². The fraction of sp³-hybridized carbons (Fsp3) is 0.0833. The van der Waals surface area contributed by atoms with Gasteiger partial charge in [0.1, 0.15) is 12.1 Å². The van der Waals surface area contributed by atoms with Crippen LogP contribution in [0.1, 0.15) is 0 Å². The van der Waals surface area contributed by atoms with E-state index in [1.807, 2.05) is 24.3 Å². The van der Waals surface area contributed by atoms with E-state index in [1.165, 1.54) is 6.34 Å². The third-order valence-corrected chi connectivity index (χ3v) is 2.63. The van der Waals surface area contributed by atoms with Gasteiger partial charge in [0.25, 0.3) is 0 Å². The molecule has 0 atom stereocenters.